The molecule has 0 heterocycles. The molecule has 0 fully saturated rings. The molecule has 0 bridgehead atoms. The Hall–Kier alpha value is -1.91. The lowest BCUT2D eigenvalue weighted by atomic mass is 9.93. The van der Waals surface area contributed by atoms with Crippen molar-refractivity contribution in [3.63, 3.8) is 0 Å². The Morgan fingerprint density at radius 2 is 1.94 bits per heavy atom. The van der Waals surface area contributed by atoms with Gasteiger partial charge in [-0.2, -0.15) is 0 Å². The molecule has 0 amide bonds. The van der Waals surface area contributed by atoms with E-state index in [1.165, 1.54) is 24.3 Å². The third-order valence-electron chi connectivity index (χ3n) is 2.90. The number of rotatable bonds is 7. The number of carboxylic acid groups (broad SMARTS) is 1. The summed E-state index contributed by atoms with van der Waals surface area (Å²) in [5.41, 5.74) is 0.612. The van der Waals surface area contributed by atoms with Gasteiger partial charge in [0.15, 0.2) is 0 Å². The topological polar surface area (TPSA) is 80.4 Å². The maximum Gasteiger partial charge on any atom is 0.310 e. The highest BCUT2D eigenvalue weighted by atomic mass is 16.6. The van der Waals surface area contributed by atoms with Crippen molar-refractivity contribution in [2.45, 2.75) is 38.5 Å². The van der Waals surface area contributed by atoms with Crippen molar-refractivity contribution in [3.05, 3.63) is 39.9 Å². The lowest BCUT2D eigenvalue weighted by molar-refractivity contribution is -0.384. The minimum absolute atomic E-state index is 0.0172. The van der Waals surface area contributed by atoms with Gasteiger partial charge >= 0.3 is 5.97 Å². The quantitative estimate of drug-likeness (QED) is 0.458. The average molecular weight is 251 g/mol. The second-order valence-corrected chi connectivity index (χ2v) is 4.24. The Morgan fingerprint density at radius 3 is 2.39 bits per heavy atom. The van der Waals surface area contributed by atoms with E-state index in [0.29, 0.717) is 12.0 Å². The van der Waals surface area contributed by atoms with E-state index < -0.39 is 16.8 Å². The van der Waals surface area contributed by atoms with Crippen LogP contribution in [0, 0.1) is 10.1 Å². The fraction of sp³-hybridized carbons (Fsp3) is 0.462. The van der Waals surface area contributed by atoms with Crippen LogP contribution in [0.4, 0.5) is 5.69 Å². The summed E-state index contributed by atoms with van der Waals surface area (Å²) in [5, 5.41) is 19.7. The van der Waals surface area contributed by atoms with E-state index in [4.69, 9.17) is 0 Å². The van der Waals surface area contributed by atoms with Crippen molar-refractivity contribution in [1.29, 1.82) is 0 Å². The van der Waals surface area contributed by atoms with Crippen molar-refractivity contribution in [2.75, 3.05) is 0 Å². The highest BCUT2D eigenvalue weighted by Crippen LogP contribution is 2.24. The molecule has 0 aliphatic heterocycles. The van der Waals surface area contributed by atoms with Gasteiger partial charge < -0.3 is 5.11 Å². The SMILES string of the molecule is CCCCCC(C(=O)O)c1ccc([N+](=O)[O-])cc1. The minimum Gasteiger partial charge on any atom is -0.481 e. The molecule has 0 aliphatic rings. The molecule has 0 saturated carbocycles. The summed E-state index contributed by atoms with van der Waals surface area (Å²) in [6.45, 7) is 2.06. The highest BCUT2D eigenvalue weighted by Gasteiger charge is 2.19. The number of nitro groups is 1. The van der Waals surface area contributed by atoms with E-state index in [-0.39, 0.29) is 5.69 Å². The molecule has 18 heavy (non-hydrogen) atoms. The van der Waals surface area contributed by atoms with Crippen LogP contribution in [0.25, 0.3) is 0 Å². The average Bonchev–Trinajstić information content (AvgIpc) is 2.34. The Balaban J connectivity index is 2.79. The number of non-ortho nitro benzene ring substituents is 1. The molecule has 0 radical (unpaired) electrons. The van der Waals surface area contributed by atoms with Crippen molar-refractivity contribution in [3.8, 4) is 0 Å². The van der Waals surface area contributed by atoms with Crippen LogP contribution < -0.4 is 0 Å². The predicted octanol–water partition coefficient (Wildman–Crippen LogP) is 3.34. The maximum absolute atomic E-state index is 11.2. The number of hydrogen-bond acceptors (Lipinski definition) is 3. The van der Waals surface area contributed by atoms with E-state index in [9.17, 15) is 20.0 Å². The van der Waals surface area contributed by atoms with Crippen molar-refractivity contribution in [1.82, 2.24) is 0 Å². The van der Waals surface area contributed by atoms with Crippen LogP contribution >= 0.6 is 0 Å². The molecule has 1 rings (SSSR count). The van der Waals surface area contributed by atoms with E-state index >= 15 is 0 Å². The van der Waals surface area contributed by atoms with Gasteiger partial charge in [-0.1, -0.05) is 38.3 Å². The number of benzene rings is 1. The second kappa shape index (κ2) is 6.74. The van der Waals surface area contributed by atoms with Crippen molar-refractivity contribution in [2.24, 2.45) is 0 Å². The Morgan fingerprint density at radius 1 is 1.33 bits per heavy atom. The zero-order valence-electron chi connectivity index (χ0n) is 10.3. The molecule has 5 heteroatoms. The summed E-state index contributed by atoms with van der Waals surface area (Å²) in [7, 11) is 0. The third-order valence-corrected chi connectivity index (χ3v) is 2.90. The summed E-state index contributed by atoms with van der Waals surface area (Å²) in [5.74, 6) is -1.45. The molecule has 1 aromatic carbocycles. The molecular formula is C13H17NO4. The Kier molecular flexibility index (Phi) is 5.30. The van der Waals surface area contributed by atoms with Gasteiger partial charge in [0.25, 0.3) is 5.69 Å². The first-order valence-electron chi connectivity index (χ1n) is 6.03. The molecule has 0 saturated heterocycles. The number of unbranched alkanes of at least 4 members (excludes halogenated alkanes) is 2. The van der Waals surface area contributed by atoms with Gasteiger partial charge in [0.2, 0.25) is 0 Å². The first-order valence-corrected chi connectivity index (χ1v) is 6.03. The van der Waals surface area contributed by atoms with Gasteiger partial charge in [0.1, 0.15) is 0 Å². The van der Waals surface area contributed by atoms with Gasteiger partial charge in [-0.3, -0.25) is 14.9 Å². The smallest absolute Gasteiger partial charge is 0.310 e. The molecular weight excluding hydrogens is 234 g/mol. The fourth-order valence-corrected chi connectivity index (χ4v) is 1.86. The van der Waals surface area contributed by atoms with Crippen LogP contribution in [0.5, 0.6) is 0 Å². The standard InChI is InChI=1S/C13H17NO4/c1-2-3-4-5-12(13(15)16)10-6-8-11(9-7-10)14(17)18/h6-9,12H,2-5H2,1H3,(H,15,16). The summed E-state index contributed by atoms with van der Waals surface area (Å²) in [6, 6.07) is 5.77. The molecule has 1 atom stereocenters. The van der Waals surface area contributed by atoms with E-state index in [1.54, 1.807) is 0 Å². The molecule has 0 spiro atoms. The van der Waals surface area contributed by atoms with Crippen molar-refractivity contribution < 1.29 is 14.8 Å². The summed E-state index contributed by atoms with van der Waals surface area (Å²) in [6.07, 6.45) is 3.45. The number of nitro benzene ring substituents is 1. The van der Waals surface area contributed by atoms with Gasteiger partial charge in [0.05, 0.1) is 10.8 Å². The van der Waals surface area contributed by atoms with Crippen molar-refractivity contribution >= 4 is 11.7 Å². The molecule has 0 aromatic heterocycles. The van der Waals surface area contributed by atoms with Gasteiger partial charge in [-0.05, 0) is 12.0 Å². The van der Waals surface area contributed by atoms with E-state index in [1.807, 2.05) is 0 Å². The summed E-state index contributed by atoms with van der Waals surface area (Å²) in [4.78, 5) is 21.2. The zero-order chi connectivity index (χ0) is 13.5. The molecule has 98 valence electrons. The number of aliphatic carboxylic acids is 1. The largest absolute Gasteiger partial charge is 0.481 e. The first kappa shape index (κ1) is 14.2. The normalized spacial score (nSPS) is 12.1. The maximum atomic E-state index is 11.2. The van der Waals surface area contributed by atoms with Crippen LogP contribution in [-0.2, 0) is 4.79 Å². The number of carboxylic acids is 1. The van der Waals surface area contributed by atoms with E-state index in [0.717, 1.165) is 19.3 Å². The number of carbonyl (C=O) groups is 1. The molecule has 0 aliphatic carbocycles. The lowest BCUT2D eigenvalue weighted by Gasteiger charge is -2.12. The van der Waals surface area contributed by atoms with Gasteiger partial charge in [-0.25, -0.2) is 0 Å². The second-order valence-electron chi connectivity index (χ2n) is 4.24. The number of hydrogen-bond donors (Lipinski definition) is 1. The van der Waals surface area contributed by atoms with Crippen LogP contribution in [0.3, 0.4) is 0 Å². The van der Waals surface area contributed by atoms with Gasteiger partial charge in [-0.15, -0.1) is 0 Å². The summed E-state index contributed by atoms with van der Waals surface area (Å²) < 4.78 is 0. The summed E-state index contributed by atoms with van der Waals surface area (Å²) >= 11 is 0. The zero-order valence-corrected chi connectivity index (χ0v) is 10.3. The van der Waals surface area contributed by atoms with Gasteiger partial charge in [0, 0.05) is 12.1 Å². The van der Waals surface area contributed by atoms with Crippen LogP contribution in [0.2, 0.25) is 0 Å². The fourth-order valence-electron chi connectivity index (χ4n) is 1.86. The molecule has 1 unspecified atom stereocenters. The minimum atomic E-state index is -0.875. The lowest BCUT2D eigenvalue weighted by Crippen LogP contribution is -2.11. The molecule has 5 nitrogen and oxygen atoms in total. The third kappa shape index (κ3) is 3.84. The Bertz CT molecular complexity index is 414. The number of nitrogens with zero attached hydrogens (tertiary/aromatic N) is 1. The predicted molar refractivity (Wildman–Crippen MR) is 67.6 cm³/mol. The van der Waals surface area contributed by atoms with Crippen LogP contribution in [0.15, 0.2) is 24.3 Å². The molecule has 1 N–H and O–H groups in total. The monoisotopic (exact) mass is 251 g/mol. The van der Waals surface area contributed by atoms with Crippen LogP contribution in [-0.4, -0.2) is 16.0 Å². The Labute approximate surface area is 106 Å². The highest BCUT2D eigenvalue weighted by molar-refractivity contribution is 5.76. The molecule has 1 aromatic rings. The van der Waals surface area contributed by atoms with E-state index in [2.05, 4.69) is 6.92 Å². The first-order chi connectivity index (χ1) is 8.56. The van der Waals surface area contributed by atoms with Crippen LogP contribution in [0.1, 0.15) is 44.1 Å².